The van der Waals surface area contributed by atoms with Gasteiger partial charge in [-0.25, -0.2) is 0 Å². The van der Waals surface area contributed by atoms with Gasteiger partial charge in [-0.05, 0) is 32.3 Å². The SMILES string of the molecule is CCCOc1c(CN2C[C@@H]3CCCN3C(=O)[C@H]2C)cc(Cl)cc1OC. The van der Waals surface area contributed by atoms with Crippen LogP contribution >= 0.6 is 11.6 Å². The zero-order valence-corrected chi connectivity index (χ0v) is 16.0. The van der Waals surface area contributed by atoms with Crippen LogP contribution in [0.15, 0.2) is 12.1 Å². The van der Waals surface area contributed by atoms with Crippen molar-refractivity contribution in [2.45, 2.75) is 51.7 Å². The highest BCUT2D eigenvalue weighted by atomic mass is 35.5. The number of fused-ring (bicyclic) bond motifs is 1. The second kappa shape index (κ2) is 7.83. The molecule has 0 unspecified atom stereocenters. The quantitative estimate of drug-likeness (QED) is 0.774. The number of methoxy groups -OCH3 is 1. The molecule has 0 spiro atoms. The van der Waals surface area contributed by atoms with Gasteiger partial charge in [0.1, 0.15) is 0 Å². The van der Waals surface area contributed by atoms with Crippen LogP contribution in [-0.2, 0) is 11.3 Å². The van der Waals surface area contributed by atoms with Gasteiger partial charge in [-0.2, -0.15) is 0 Å². The van der Waals surface area contributed by atoms with Gasteiger partial charge in [0.05, 0.1) is 19.8 Å². The minimum Gasteiger partial charge on any atom is -0.493 e. The second-order valence-corrected chi connectivity index (χ2v) is 7.31. The molecule has 2 aliphatic rings. The third-order valence-electron chi connectivity index (χ3n) is 5.15. The summed E-state index contributed by atoms with van der Waals surface area (Å²) < 4.78 is 11.4. The zero-order valence-electron chi connectivity index (χ0n) is 15.3. The molecule has 2 saturated heterocycles. The van der Waals surface area contributed by atoms with E-state index in [0.29, 0.717) is 30.0 Å². The van der Waals surface area contributed by atoms with Crippen molar-refractivity contribution in [3.63, 3.8) is 0 Å². The van der Waals surface area contributed by atoms with Crippen molar-refractivity contribution in [2.24, 2.45) is 0 Å². The molecule has 5 nitrogen and oxygen atoms in total. The first kappa shape index (κ1) is 18.3. The van der Waals surface area contributed by atoms with Crippen LogP contribution in [-0.4, -0.2) is 54.6 Å². The molecule has 2 aliphatic heterocycles. The molecule has 2 fully saturated rings. The van der Waals surface area contributed by atoms with Crippen molar-refractivity contribution in [3.05, 3.63) is 22.7 Å². The van der Waals surface area contributed by atoms with Crippen LogP contribution in [0.2, 0.25) is 5.02 Å². The average molecular weight is 367 g/mol. The third-order valence-corrected chi connectivity index (χ3v) is 5.37. The monoisotopic (exact) mass is 366 g/mol. The van der Waals surface area contributed by atoms with E-state index in [1.807, 2.05) is 17.9 Å². The smallest absolute Gasteiger partial charge is 0.239 e. The minimum absolute atomic E-state index is 0.127. The molecule has 3 rings (SSSR count). The van der Waals surface area contributed by atoms with E-state index in [1.165, 1.54) is 0 Å². The highest BCUT2D eigenvalue weighted by molar-refractivity contribution is 6.30. The maximum atomic E-state index is 12.7. The fraction of sp³-hybridized carbons (Fsp3) is 0.632. The lowest BCUT2D eigenvalue weighted by Gasteiger charge is -2.41. The summed E-state index contributed by atoms with van der Waals surface area (Å²) in [5.74, 6) is 1.62. The molecule has 0 bridgehead atoms. The van der Waals surface area contributed by atoms with Crippen LogP contribution in [0.1, 0.15) is 38.7 Å². The van der Waals surface area contributed by atoms with Crippen LogP contribution in [0.3, 0.4) is 0 Å². The molecular formula is C19H27ClN2O3. The van der Waals surface area contributed by atoms with Gasteiger partial charge in [0.2, 0.25) is 5.91 Å². The van der Waals surface area contributed by atoms with Gasteiger partial charge in [-0.1, -0.05) is 18.5 Å². The summed E-state index contributed by atoms with van der Waals surface area (Å²) >= 11 is 6.28. The van der Waals surface area contributed by atoms with Gasteiger partial charge >= 0.3 is 0 Å². The van der Waals surface area contributed by atoms with Gasteiger partial charge in [0, 0.05) is 42.3 Å². The number of ether oxygens (including phenoxy) is 2. The number of amides is 1. The standard InChI is InChI=1S/C19H27ClN2O3/c1-4-8-25-18-14(9-15(20)10-17(18)24-3)11-21-12-16-6-5-7-22(16)19(23)13(21)2/h9-10,13,16H,4-8,11-12H2,1-3H3/t13-,16+/m1/s1. The van der Waals surface area contributed by atoms with Crippen LogP contribution in [0.25, 0.3) is 0 Å². The summed E-state index contributed by atoms with van der Waals surface area (Å²) in [5, 5.41) is 0.620. The number of hydrogen-bond donors (Lipinski definition) is 0. The van der Waals surface area contributed by atoms with Gasteiger partial charge in [0.25, 0.3) is 0 Å². The van der Waals surface area contributed by atoms with Gasteiger partial charge in [0.15, 0.2) is 11.5 Å². The summed E-state index contributed by atoms with van der Waals surface area (Å²) in [6.45, 7) is 7.11. The summed E-state index contributed by atoms with van der Waals surface area (Å²) in [5.41, 5.74) is 0.976. The van der Waals surface area contributed by atoms with Crippen molar-refractivity contribution >= 4 is 17.5 Å². The highest BCUT2D eigenvalue weighted by Crippen LogP contribution is 2.37. The molecule has 2 atom stereocenters. The Balaban J connectivity index is 1.86. The molecule has 0 radical (unpaired) electrons. The third kappa shape index (κ3) is 3.72. The summed E-state index contributed by atoms with van der Waals surface area (Å²) in [6, 6.07) is 3.91. The molecule has 1 aromatic rings. The van der Waals surface area contributed by atoms with Crippen molar-refractivity contribution < 1.29 is 14.3 Å². The minimum atomic E-state index is -0.127. The number of benzene rings is 1. The fourth-order valence-electron chi connectivity index (χ4n) is 3.82. The molecule has 1 aromatic carbocycles. The van der Waals surface area contributed by atoms with Crippen LogP contribution in [0.5, 0.6) is 11.5 Å². The Morgan fingerprint density at radius 2 is 2.16 bits per heavy atom. The first-order valence-electron chi connectivity index (χ1n) is 9.08. The number of rotatable bonds is 6. The molecule has 0 aliphatic carbocycles. The van der Waals surface area contributed by atoms with Crippen molar-refractivity contribution in [2.75, 3.05) is 26.8 Å². The first-order chi connectivity index (χ1) is 12.0. The van der Waals surface area contributed by atoms with Crippen molar-refractivity contribution in [1.29, 1.82) is 0 Å². The molecule has 138 valence electrons. The number of carbonyl (C=O) groups is 1. The fourth-order valence-corrected chi connectivity index (χ4v) is 4.05. The zero-order chi connectivity index (χ0) is 18.0. The lowest BCUT2D eigenvalue weighted by atomic mass is 10.1. The van der Waals surface area contributed by atoms with E-state index in [-0.39, 0.29) is 11.9 Å². The van der Waals surface area contributed by atoms with Crippen LogP contribution in [0, 0.1) is 0 Å². The molecule has 25 heavy (non-hydrogen) atoms. The average Bonchev–Trinajstić information content (AvgIpc) is 3.06. The largest absolute Gasteiger partial charge is 0.493 e. The predicted octanol–water partition coefficient (Wildman–Crippen LogP) is 3.33. The molecule has 1 amide bonds. The number of nitrogens with zero attached hydrogens (tertiary/aromatic N) is 2. The Kier molecular flexibility index (Phi) is 5.74. The predicted molar refractivity (Wildman–Crippen MR) is 98.4 cm³/mol. The maximum Gasteiger partial charge on any atom is 0.239 e. The Hall–Kier alpha value is -1.46. The molecular weight excluding hydrogens is 340 g/mol. The van der Waals surface area contributed by atoms with E-state index in [0.717, 1.165) is 43.7 Å². The van der Waals surface area contributed by atoms with Gasteiger partial charge in [-0.3, -0.25) is 9.69 Å². The molecule has 0 aromatic heterocycles. The van der Waals surface area contributed by atoms with Crippen molar-refractivity contribution in [3.8, 4) is 11.5 Å². The number of piperazine rings is 1. The highest BCUT2D eigenvalue weighted by Gasteiger charge is 2.40. The second-order valence-electron chi connectivity index (χ2n) is 6.88. The molecule has 0 saturated carbocycles. The van der Waals surface area contributed by atoms with E-state index in [2.05, 4.69) is 11.8 Å². The normalized spacial score (nSPS) is 23.7. The van der Waals surface area contributed by atoms with E-state index in [1.54, 1.807) is 13.2 Å². The number of halogens is 1. The van der Waals surface area contributed by atoms with Crippen LogP contribution < -0.4 is 9.47 Å². The lowest BCUT2D eigenvalue weighted by molar-refractivity contribution is -0.143. The molecule has 6 heteroatoms. The first-order valence-corrected chi connectivity index (χ1v) is 9.46. The van der Waals surface area contributed by atoms with E-state index >= 15 is 0 Å². The van der Waals surface area contributed by atoms with Crippen molar-refractivity contribution in [1.82, 2.24) is 9.80 Å². The van der Waals surface area contributed by atoms with E-state index < -0.39 is 0 Å². The summed E-state index contributed by atoms with van der Waals surface area (Å²) in [7, 11) is 1.62. The Labute approximate surface area is 154 Å². The summed E-state index contributed by atoms with van der Waals surface area (Å²) in [4.78, 5) is 16.9. The molecule has 0 N–H and O–H groups in total. The lowest BCUT2D eigenvalue weighted by Crippen LogP contribution is -2.58. The van der Waals surface area contributed by atoms with E-state index in [9.17, 15) is 4.79 Å². The van der Waals surface area contributed by atoms with E-state index in [4.69, 9.17) is 21.1 Å². The topological polar surface area (TPSA) is 42.0 Å². The van der Waals surface area contributed by atoms with Crippen LogP contribution in [0.4, 0.5) is 0 Å². The maximum absolute atomic E-state index is 12.7. The Morgan fingerprint density at radius 1 is 1.36 bits per heavy atom. The number of carbonyl (C=O) groups excluding carboxylic acids is 1. The van der Waals surface area contributed by atoms with Gasteiger partial charge < -0.3 is 14.4 Å². The Morgan fingerprint density at radius 3 is 2.88 bits per heavy atom. The molecule has 2 heterocycles. The summed E-state index contributed by atoms with van der Waals surface area (Å²) in [6.07, 6.45) is 3.11. The Bertz CT molecular complexity index is 637. The number of hydrogen-bond acceptors (Lipinski definition) is 4. The van der Waals surface area contributed by atoms with Gasteiger partial charge in [-0.15, -0.1) is 0 Å².